The normalized spacial score (nSPS) is 11.9. The van der Waals surface area contributed by atoms with Crippen molar-refractivity contribution in [3.63, 3.8) is 0 Å². The van der Waals surface area contributed by atoms with Crippen LogP contribution in [0.1, 0.15) is 5.56 Å². The summed E-state index contributed by atoms with van der Waals surface area (Å²) < 4.78 is 49.4. The second-order valence-corrected chi connectivity index (χ2v) is 7.74. The van der Waals surface area contributed by atoms with Crippen molar-refractivity contribution in [3.05, 3.63) is 47.9 Å². The lowest BCUT2D eigenvalue weighted by molar-refractivity contribution is 0.364. The van der Waals surface area contributed by atoms with Gasteiger partial charge in [-0.3, -0.25) is 4.57 Å². The molecule has 0 bridgehead atoms. The molecule has 0 fully saturated rings. The van der Waals surface area contributed by atoms with Gasteiger partial charge in [-0.2, -0.15) is 9.97 Å². The number of halogens is 1. The third-order valence-electron chi connectivity index (χ3n) is 4.41. The highest BCUT2D eigenvalue weighted by molar-refractivity contribution is 7.89. The number of pyridine rings is 2. The molecule has 2 N–H and O–H groups in total. The Morgan fingerprint density at radius 1 is 1.14 bits per heavy atom. The summed E-state index contributed by atoms with van der Waals surface area (Å²) in [6, 6.07) is 7.54. The molecule has 0 spiro atoms. The van der Waals surface area contributed by atoms with Crippen LogP contribution in [0.25, 0.3) is 22.1 Å². The number of nitrogens with two attached hydrogens (primary N) is 1. The molecule has 0 atom stereocenters. The van der Waals surface area contributed by atoms with Crippen molar-refractivity contribution in [1.29, 1.82) is 0 Å². The molecule has 0 amide bonds. The molecule has 0 aliphatic heterocycles. The number of sulfonamides is 1. The Hall–Kier alpha value is -3.31. The van der Waals surface area contributed by atoms with Crippen LogP contribution in [0.2, 0.25) is 0 Å². The number of hydrogen-bond acceptors (Lipinski definition) is 7. The van der Waals surface area contributed by atoms with Crippen LogP contribution in [0.15, 0.2) is 41.4 Å². The van der Waals surface area contributed by atoms with Crippen LogP contribution >= 0.6 is 0 Å². The van der Waals surface area contributed by atoms with Gasteiger partial charge >= 0.3 is 0 Å². The van der Waals surface area contributed by atoms with Gasteiger partial charge in [0.2, 0.25) is 15.9 Å². The molecule has 3 heterocycles. The van der Waals surface area contributed by atoms with Crippen molar-refractivity contribution in [2.24, 2.45) is 5.14 Å². The van der Waals surface area contributed by atoms with E-state index in [0.29, 0.717) is 39.5 Å². The van der Waals surface area contributed by atoms with Crippen molar-refractivity contribution in [3.8, 4) is 11.9 Å². The fraction of sp³-hybridized carbons (Fsp3) is 0.167. The zero-order valence-electron chi connectivity index (χ0n) is 15.5. The lowest BCUT2D eigenvalue weighted by atomic mass is 10.2. The molecule has 4 aromatic rings. The molecule has 0 aliphatic carbocycles. The van der Waals surface area contributed by atoms with E-state index >= 15 is 0 Å². The number of nitrogens with zero attached hydrogens (tertiary/aromatic N) is 4. The molecular weight excluding hydrogens is 401 g/mol. The first-order valence-corrected chi connectivity index (χ1v) is 9.91. The summed E-state index contributed by atoms with van der Waals surface area (Å²) in [5.41, 5.74) is 2.22. The van der Waals surface area contributed by atoms with Crippen LogP contribution in [-0.2, 0) is 16.6 Å². The topological polar surface area (TPSA) is 122 Å². The first kappa shape index (κ1) is 19.0. The van der Waals surface area contributed by atoms with E-state index < -0.39 is 20.7 Å². The molecule has 0 aliphatic rings. The van der Waals surface area contributed by atoms with E-state index in [1.807, 2.05) is 0 Å². The summed E-state index contributed by atoms with van der Waals surface area (Å²) >= 11 is 0. The maximum atomic E-state index is 14.3. The average Bonchev–Trinajstić information content (AvgIpc) is 3.04. The van der Waals surface area contributed by atoms with Crippen molar-refractivity contribution in [2.75, 3.05) is 14.2 Å². The number of benzene rings is 1. The first-order chi connectivity index (χ1) is 13.8. The quantitative estimate of drug-likeness (QED) is 0.526. The standard InChI is InChI=1S/C18H16FN5O4S/c1-27-15-6-4-11-16-13(8-21-17(11)23-15)22-18(28-2)24(16)9-10-3-5-14(12(19)7-10)29(20,25)26/h3-8H,9H2,1-2H3,(H2,20,25,26). The summed E-state index contributed by atoms with van der Waals surface area (Å²) in [4.78, 5) is 12.5. The maximum absolute atomic E-state index is 14.3. The highest BCUT2D eigenvalue weighted by Crippen LogP contribution is 2.29. The molecule has 0 unspecified atom stereocenters. The fourth-order valence-corrected chi connectivity index (χ4v) is 3.72. The number of aromatic nitrogens is 4. The number of ether oxygens (including phenoxy) is 2. The number of imidazole rings is 1. The van der Waals surface area contributed by atoms with Gasteiger partial charge in [0.05, 0.1) is 32.5 Å². The fourth-order valence-electron chi connectivity index (χ4n) is 3.13. The van der Waals surface area contributed by atoms with Crippen LogP contribution in [0.3, 0.4) is 0 Å². The molecule has 11 heteroatoms. The zero-order valence-corrected chi connectivity index (χ0v) is 16.3. The van der Waals surface area contributed by atoms with Crippen molar-refractivity contribution < 1.29 is 22.3 Å². The maximum Gasteiger partial charge on any atom is 0.297 e. The number of hydrogen-bond donors (Lipinski definition) is 1. The summed E-state index contributed by atoms with van der Waals surface area (Å²) in [5, 5.41) is 5.73. The van der Waals surface area contributed by atoms with Crippen LogP contribution in [0.4, 0.5) is 4.39 Å². The van der Waals surface area contributed by atoms with Crippen molar-refractivity contribution >= 4 is 32.1 Å². The second-order valence-electron chi connectivity index (χ2n) is 6.21. The zero-order chi connectivity index (χ0) is 20.8. The number of methoxy groups -OCH3 is 2. The summed E-state index contributed by atoms with van der Waals surface area (Å²) in [6.45, 7) is 0.173. The largest absolute Gasteiger partial charge is 0.481 e. The Morgan fingerprint density at radius 3 is 2.59 bits per heavy atom. The molecule has 3 aromatic heterocycles. The second kappa shape index (κ2) is 6.94. The molecule has 4 rings (SSSR count). The highest BCUT2D eigenvalue weighted by atomic mass is 32.2. The third kappa shape index (κ3) is 3.34. The summed E-state index contributed by atoms with van der Waals surface area (Å²) in [6.07, 6.45) is 1.56. The van der Waals surface area contributed by atoms with E-state index in [2.05, 4.69) is 15.0 Å². The number of rotatable bonds is 5. The average molecular weight is 417 g/mol. The minimum atomic E-state index is -4.14. The molecule has 1 aromatic carbocycles. The summed E-state index contributed by atoms with van der Waals surface area (Å²) in [7, 11) is -1.16. The van der Waals surface area contributed by atoms with Crippen LogP contribution in [0.5, 0.6) is 11.9 Å². The molecule has 150 valence electrons. The van der Waals surface area contributed by atoms with Gasteiger partial charge < -0.3 is 9.47 Å². The Bertz CT molecular complexity index is 1350. The van der Waals surface area contributed by atoms with Crippen LogP contribution < -0.4 is 14.6 Å². The smallest absolute Gasteiger partial charge is 0.297 e. The van der Waals surface area contributed by atoms with Crippen molar-refractivity contribution in [2.45, 2.75) is 11.4 Å². The van der Waals surface area contributed by atoms with E-state index in [4.69, 9.17) is 14.6 Å². The summed E-state index contributed by atoms with van der Waals surface area (Å²) in [5.74, 6) is -0.505. The molecule has 0 radical (unpaired) electrons. The Labute approximate surface area is 165 Å². The highest BCUT2D eigenvalue weighted by Gasteiger charge is 2.18. The molecule has 29 heavy (non-hydrogen) atoms. The van der Waals surface area contributed by atoms with E-state index in [1.165, 1.54) is 20.3 Å². The van der Waals surface area contributed by atoms with Gasteiger partial charge in [0.15, 0.2) is 5.65 Å². The Balaban J connectivity index is 1.88. The van der Waals surface area contributed by atoms with Gasteiger partial charge in [0, 0.05) is 11.5 Å². The molecular formula is C18H16FN5O4S. The Morgan fingerprint density at radius 2 is 1.93 bits per heavy atom. The van der Waals surface area contributed by atoms with E-state index in [0.717, 1.165) is 12.1 Å². The van der Waals surface area contributed by atoms with E-state index in [9.17, 15) is 12.8 Å². The van der Waals surface area contributed by atoms with Gasteiger partial charge in [0.25, 0.3) is 6.01 Å². The number of primary sulfonamides is 1. The molecule has 0 saturated heterocycles. The minimum absolute atomic E-state index is 0.173. The van der Waals surface area contributed by atoms with E-state index in [-0.39, 0.29) is 6.54 Å². The third-order valence-corrected chi connectivity index (χ3v) is 5.35. The van der Waals surface area contributed by atoms with Gasteiger partial charge in [-0.25, -0.2) is 22.9 Å². The predicted octanol–water partition coefficient (Wildman–Crippen LogP) is 1.83. The lowest BCUT2D eigenvalue weighted by Crippen LogP contribution is -2.14. The van der Waals surface area contributed by atoms with Crippen molar-refractivity contribution in [1.82, 2.24) is 19.5 Å². The van der Waals surface area contributed by atoms with E-state index in [1.54, 1.807) is 22.9 Å². The monoisotopic (exact) mass is 417 g/mol. The SMILES string of the molecule is COc1ccc2c(ncc3nc(OC)n(Cc4ccc(S(N)(=O)=O)c(F)c4)c32)n1. The molecule has 0 saturated carbocycles. The first-order valence-electron chi connectivity index (χ1n) is 8.37. The predicted molar refractivity (Wildman–Crippen MR) is 103 cm³/mol. The lowest BCUT2D eigenvalue weighted by Gasteiger charge is -2.10. The molecule has 9 nitrogen and oxygen atoms in total. The van der Waals surface area contributed by atoms with Crippen LogP contribution in [-0.4, -0.2) is 42.2 Å². The van der Waals surface area contributed by atoms with Crippen LogP contribution in [0, 0.1) is 5.82 Å². The Kier molecular flexibility index (Phi) is 4.55. The van der Waals surface area contributed by atoms with Gasteiger partial charge in [-0.1, -0.05) is 6.07 Å². The van der Waals surface area contributed by atoms with Gasteiger partial charge in [-0.15, -0.1) is 0 Å². The van der Waals surface area contributed by atoms with Gasteiger partial charge in [0.1, 0.15) is 16.2 Å². The minimum Gasteiger partial charge on any atom is -0.481 e. The number of fused-ring (bicyclic) bond motifs is 3. The van der Waals surface area contributed by atoms with Gasteiger partial charge in [-0.05, 0) is 23.8 Å².